The van der Waals surface area contributed by atoms with Gasteiger partial charge in [0.25, 0.3) is 0 Å². The second kappa shape index (κ2) is 5.31. The van der Waals surface area contributed by atoms with Gasteiger partial charge in [0, 0.05) is 18.8 Å². The third kappa shape index (κ3) is 3.06. The van der Waals surface area contributed by atoms with Crippen molar-refractivity contribution in [3.05, 3.63) is 23.8 Å². The topological polar surface area (TPSA) is 47.3 Å². The highest BCUT2D eigenvalue weighted by molar-refractivity contribution is 5.54. The van der Waals surface area contributed by atoms with Gasteiger partial charge < -0.3 is 15.8 Å². The van der Waals surface area contributed by atoms with E-state index in [9.17, 15) is 8.78 Å². The maximum Gasteiger partial charge on any atom is 0.151 e. The molecule has 0 saturated carbocycles. The number of benzene rings is 1. The van der Waals surface area contributed by atoms with Crippen LogP contribution in [0.15, 0.2) is 12.1 Å². The van der Waals surface area contributed by atoms with Gasteiger partial charge in [-0.25, -0.2) is 8.78 Å². The summed E-state index contributed by atoms with van der Waals surface area (Å²) < 4.78 is 32.4. The van der Waals surface area contributed by atoms with E-state index in [1.807, 2.05) is 0 Å². The molecule has 17 heavy (non-hydrogen) atoms. The number of anilines is 2. The Morgan fingerprint density at radius 2 is 2.00 bits per heavy atom. The number of hydrogen-bond donors (Lipinski definition) is 2. The number of nitrogen functional groups attached to an aromatic ring is 1. The lowest BCUT2D eigenvalue weighted by atomic mass is 10.1. The lowest BCUT2D eigenvalue weighted by molar-refractivity contribution is 0.0247. The van der Waals surface area contributed by atoms with E-state index >= 15 is 0 Å². The zero-order chi connectivity index (χ0) is 12.3. The monoisotopic (exact) mass is 242 g/mol. The Kier molecular flexibility index (Phi) is 3.78. The maximum atomic E-state index is 13.4. The van der Waals surface area contributed by atoms with E-state index in [2.05, 4.69) is 5.32 Å². The summed E-state index contributed by atoms with van der Waals surface area (Å²) >= 11 is 0. The fourth-order valence-electron chi connectivity index (χ4n) is 1.95. The minimum Gasteiger partial charge on any atom is -0.399 e. The van der Waals surface area contributed by atoms with Crippen LogP contribution in [0.5, 0.6) is 0 Å². The van der Waals surface area contributed by atoms with Crippen molar-refractivity contribution in [1.29, 1.82) is 0 Å². The zero-order valence-electron chi connectivity index (χ0n) is 9.51. The highest BCUT2D eigenvalue weighted by Crippen LogP contribution is 2.22. The van der Waals surface area contributed by atoms with Gasteiger partial charge in [-0.15, -0.1) is 0 Å². The molecule has 94 valence electrons. The molecule has 1 atom stereocenters. The molecule has 0 bridgehead atoms. The molecule has 1 aromatic carbocycles. The number of rotatable bonds is 3. The largest absolute Gasteiger partial charge is 0.399 e. The molecule has 1 heterocycles. The van der Waals surface area contributed by atoms with Gasteiger partial charge in [-0.2, -0.15) is 0 Å². The van der Waals surface area contributed by atoms with Crippen LogP contribution in [0.25, 0.3) is 0 Å². The third-order valence-electron chi connectivity index (χ3n) is 2.84. The van der Waals surface area contributed by atoms with E-state index < -0.39 is 11.6 Å². The molecule has 0 amide bonds. The first-order valence-electron chi connectivity index (χ1n) is 5.77. The Morgan fingerprint density at radius 3 is 2.59 bits per heavy atom. The van der Waals surface area contributed by atoms with Crippen LogP contribution in [0, 0.1) is 11.6 Å². The lowest BCUT2D eigenvalue weighted by Gasteiger charge is -2.23. The molecule has 2 rings (SSSR count). The normalized spacial score (nSPS) is 20.2. The van der Waals surface area contributed by atoms with Crippen LogP contribution in [0.2, 0.25) is 0 Å². The zero-order valence-corrected chi connectivity index (χ0v) is 9.51. The van der Waals surface area contributed by atoms with Gasteiger partial charge in [0.1, 0.15) is 5.69 Å². The summed E-state index contributed by atoms with van der Waals surface area (Å²) in [6, 6.07) is 2.21. The molecule has 1 fully saturated rings. The van der Waals surface area contributed by atoms with Crippen LogP contribution in [0.4, 0.5) is 20.2 Å². The van der Waals surface area contributed by atoms with Crippen LogP contribution in [-0.2, 0) is 4.74 Å². The van der Waals surface area contributed by atoms with Crippen molar-refractivity contribution < 1.29 is 13.5 Å². The van der Waals surface area contributed by atoms with Gasteiger partial charge in [-0.1, -0.05) is 0 Å². The van der Waals surface area contributed by atoms with E-state index in [1.54, 1.807) is 0 Å². The van der Waals surface area contributed by atoms with Crippen molar-refractivity contribution in [2.45, 2.75) is 25.4 Å². The molecule has 1 saturated heterocycles. The van der Waals surface area contributed by atoms with E-state index in [-0.39, 0.29) is 17.5 Å². The molecule has 0 aromatic heterocycles. The Bertz CT molecular complexity index is 369. The minimum absolute atomic E-state index is 0.0279. The molecule has 1 aliphatic rings. The van der Waals surface area contributed by atoms with Gasteiger partial charge in [0.05, 0.1) is 6.10 Å². The molecule has 0 aliphatic carbocycles. The van der Waals surface area contributed by atoms with E-state index in [0.29, 0.717) is 6.54 Å². The molecule has 3 nitrogen and oxygen atoms in total. The predicted octanol–water partition coefficient (Wildman–Crippen LogP) is 2.53. The number of ether oxygens (including phenoxy) is 1. The van der Waals surface area contributed by atoms with Gasteiger partial charge in [0.2, 0.25) is 0 Å². The quantitative estimate of drug-likeness (QED) is 0.801. The van der Waals surface area contributed by atoms with Crippen LogP contribution in [-0.4, -0.2) is 19.3 Å². The molecule has 5 heteroatoms. The molecule has 0 spiro atoms. The second-order valence-corrected chi connectivity index (χ2v) is 4.23. The highest BCUT2D eigenvalue weighted by Gasteiger charge is 2.16. The number of hydrogen-bond acceptors (Lipinski definition) is 3. The van der Waals surface area contributed by atoms with Crippen molar-refractivity contribution in [2.24, 2.45) is 0 Å². The first-order chi connectivity index (χ1) is 8.16. The van der Waals surface area contributed by atoms with E-state index in [4.69, 9.17) is 10.5 Å². The first kappa shape index (κ1) is 12.1. The Hall–Kier alpha value is -1.36. The van der Waals surface area contributed by atoms with Crippen molar-refractivity contribution in [1.82, 2.24) is 0 Å². The molecule has 1 unspecified atom stereocenters. The summed E-state index contributed by atoms with van der Waals surface area (Å²) in [6.45, 7) is 1.14. The summed E-state index contributed by atoms with van der Waals surface area (Å²) in [5.41, 5.74) is 5.29. The van der Waals surface area contributed by atoms with Gasteiger partial charge in [-0.3, -0.25) is 0 Å². The summed E-state index contributed by atoms with van der Waals surface area (Å²) in [5, 5.41) is 2.75. The summed E-state index contributed by atoms with van der Waals surface area (Å²) in [4.78, 5) is 0. The Morgan fingerprint density at radius 1 is 1.29 bits per heavy atom. The standard InChI is InChI=1S/C12H16F2N2O/c13-10-5-8(15)6-11(14)12(10)16-7-9-3-1-2-4-17-9/h5-6,9,16H,1-4,7,15H2. The van der Waals surface area contributed by atoms with Crippen molar-refractivity contribution in [3.63, 3.8) is 0 Å². The van der Waals surface area contributed by atoms with Crippen LogP contribution in [0.1, 0.15) is 19.3 Å². The smallest absolute Gasteiger partial charge is 0.151 e. The van der Waals surface area contributed by atoms with Gasteiger partial charge >= 0.3 is 0 Å². The summed E-state index contributed by atoms with van der Waals surface area (Å²) in [6.07, 6.45) is 3.10. The van der Waals surface area contributed by atoms with E-state index in [1.165, 1.54) is 0 Å². The Labute approximate surface area is 98.9 Å². The fourth-order valence-corrected chi connectivity index (χ4v) is 1.95. The average molecular weight is 242 g/mol. The van der Waals surface area contributed by atoms with Crippen molar-refractivity contribution in [3.8, 4) is 0 Å². The lowest BCUT2D eigenvalue weighted by Crippen LogP contribution is -2.27. The highest BCUT2D eigenvalue weighted by atomic mass is 19.1. The van der Waals surface area contributed by atoms with Crippen molar-refractivity contribution in [2.75, 3.05) is 24.2 Å². The summed E-state index contributed by atoms with van der Waals surface area (Å²) in [7, 11) is 0. The molecular weight excluding hydrogens is 226 g/mol. The maximum absolute atomic E-state index is 13.4. The second-order valence-electron chi connectivity index (χ2n) is 4.23. The molecular formula is C12H16F2N2O. The molecule has 0 radical (unpaired) electrons. The third-order valence-corrected chi connectivity index (χ3v) is 2.84. The fraction of sp³-hybridized carbons (Fsp3) is 0.500. The van der Waals surface area contributed by atoms with Crippen molar-refractivity contribution >= 4 is 11.4 Å². The molecule has 1 aromatic rings. The minimum atomic E-state index is -0.668. The molecule has 1 aliphatic heterocycles. The van der Waals surface area contributed by atoms with Crippen LogP contribution in [0.3, 0.4) is 0 Å². The number of halogens is 2. The molecule has 3 N–H and O–H groups in total. The van der Waals surface area contributed by atoms with Gasteiger partial charge in [-0.05, 0) is 31.4 Å². The SMILES string of the molecule is Nc1cc(F)c(NCC2CCCCO2)c(F)c1. The summed E-state index contributed by atoms with van der Waals surface area (Å²) in [5.74, 6) is -1.34. The van der Waals surface area contributed by atoms with Crippen LogP contribution >= 0.6 is 0 Å². The van der Waals surface area contributed by atoms with Crippen LogP contribution < -0.4 is 11.1 Å². The number of nitrogens with two attached hydrogens (primary N) is 1. The van der Waals surface area contributed by atoms with Gasteiger partial charge in [0.15, 0.2) is 11.6 Å². The predicted molar refractivity (Wildman–Crippen MR) is 62.9 cm³/mol. The van der Waals surface area contributed by atoms with E-state index in [0.717, 1.165) is 38.0 Å². The first-order valence-corrected chi connectivity index (χ1v) is 5.77. The average Bonchev–Trinajstić information content (AvgIpc) is 2.29. The number of nitrogens with one attached hydrogen (secondary N) is 1. The Balaban J connectivity index is 1.98.